The van der Waals surface area contributed by atoms with Crippen LogP contribution in [0, 0.1) is 5.92 Å². The van der Waals surface area contributed by atoms with E-state index in [-0.39, 0.29) is 12.2 Å². The summed E-state index contributed by atoms with van der Waals surface area (Å²) in [6.45, 7) is 3.63. The number of aliphatic carboxylic acids is 1. The quantitative estimate of drug-likeness (QED) is 0.165. The molecule has 0 fully saturated rings. The van der Waals surface area contributed by atoms with Crippen LogP contribution < -0.4 is 0 Å². The van der Waals surface area contributed by atoms with Gasteiger partial charge in [-0.1, -0.05) is 50.1 Å². The van der Waals surface area contributed by atoms with Crippen molar-refractivity contribution in [2.75, 3.05) is 0 Å². The maximum atomic E-state index is 11.8. The normalized spacial score (nSPS) is 13.5. The molecule has 0 bridgehead atoms. The van der Waals surface area contributed by atoms with Crippen molar-refractivity contribution in [3.8, 4) is 0 Å². The second-order valence-electron chi connectivity index (χ2n) is 5.84. The molecule has 0 heterocycles. The van der Waals surface area contributed by atoms with E-state index in [0.29, 0.717) is 24.8 Å². The highest BCUT2D eigenvalue weighted by molar-refractivity contribution is 5.97. The standard InChI is InChI=1S/C20H30O4/c1-3-4-5-6-7-11-14-19(17(2)22)18(16-21)13-10-8-9-12-15-20(23)24/h7-8,10-11,14,16,18H,3-6,9,12-13,15H2,1-2H3,(H,23,24)/b10-8+,11-7+,19-14+. The topological polar surface area (TPSA) is 71.4 Å². The first-order valence-electron chi connectivity index (χ1n) is 8.72. The first-order valence-corrected chi connectivity index (χ1v) is 8.72. The van der Waals surface area contributed by atoms with E-state index in [2.05, 4.69) is 6.92 Å². The Morgan fingerprint density at radius 1 is 1.04 bits per heavy atom. The number of Topliss-reactive ketones (excluding diaryl/α,β-unsaturated/α-hetero) is 1. The summed E-state index contributed by atoms with van der Waals surface area (Å²) in [5, 5.41) is 8.56. The molecule has 0 spiro atoms. The summed E-state index contributed by atoms with van der Waals surface area (Å²) < 4.78 is 0. The molecule has 4 nitrogen and oxygen atoms in total. The van der Waals surface area contributed by atoms with Gasteiger partial charge in [0.1, 0.15) is 6.29 Å². The van der Waals surface area contributed by atoms with Gasteiger partial charge in [-0.05, 0) is 39.0 Å². The van der Waals surface area contributed by atoms with Crippen LogP contribution in [0.25, 0.3) is 0 Å². The van der Waals surface area contributed by atoms with Crippen molar-refractivity contribution in [1.29, 1.82) is 0 Å². The van der Waals surface area contributed by atoms with Crippen LogP contribution >= 0.6 is 0 Å². The summed E-state index contributed by atoms with van der Waals surface area (Å²) in [7, 11) is 0. The van der Waals surface area contributed by atoms with Gasteiger partial charge < -0.3 is 9.90 Å². The van der Waals surface area contributed by atoms with Gasteiger partial charge in [0, 0.05) is 17.9 Å². The highest BCUT2D eigenvalue weighted by Gasteiger charge is 2.15. The molecule has 134 valence electrons. The highest BCUT2D eigenvalue weighted by atomic mass is 16.4. The van der Waals surface area contributed by atoms with Crippen LogP contribution in [0.5, 0.6) is 0 Å². The zero-order valence-corrected chi connectivity index (χ0v) is 14.9. The molecule has 0 saturated heterocycles. The average Bonchev–Trinajstić information content (AvgIpc) is 2.54. The molecule has 0 aliphatic rings. The van der Waals surface area contributed by atoms with Crippen LogP contribution in [-0.2, 0) is 14.4 Å². The number of allylic oxidation sites excluding steroid dienone is 6. The minimum Gasteiger partial charge on any atom is -0.481 e. The number of unbranched alkanes of at least 4 members (excludes halogenated alkanes) is 4. The predicted octanol–water partition coefficient (Wildman–Crippen LogP) is 4.65. The van der Waals surface area contributed by atoms with Gasteiger partial charge in [-0.3, -0.25) is 9.59 Å². The summed E-state index contributed by atoms with van der Waals surface area (Å²) in [6, 6.07) is 0. The van der Waals surface area contributed by atoms with Gasteiger partial charge >= 0.3 is 5.97 Å². The van der Waals surface area contributed by atoms with Crippen molar-refractivity contribution < 1.29 is 19.5 Å². The Labute approximate surface area is 145 Å². The number of hydrogen-bond donors (Lipinski definition) is 1. The van der Waals surface area contributed by atoms with Crippen LogP contribution in [0.15, 0.2) is 36.0 Å². The Bertz CT molecular complexity index is 472. The lowest BCUT2D eigenvalue weighted by atomic mass is 9.93. The lowest BCUT2D eigenvalue weighted by Gasteiger charge is -2.09. The molecule has 1 N–H and O–H groups in total. The van der Waals surface area contributed by atoms with Crippen LogP contribution in [-0.4, -0.2) is 23.1 Å². The first kappa shape index (κ1) is 22.0. The number of rotatable bonds is 14. The minimum atomic E-state index is -0.804. The summed E-state index contributed by atoms with van der Waals surface area (Å²) in [5.74, 6) is -1.34. The molecule has 0 aliphatic carbocycles. The van der Waals surface area contributed by atoms with Crippen molar-refractivity contribution >= 4 is 18.0 Å². The Kier molecular flexibility index (Phi) is 13.4. The third-order valence-corrected chi connectivity index (χ3v) is 3.67. The van der Waals surface area contributed by atoms with Gasteiger partial charge in [-0.25, -0.2) is 0 Å². The summed E-state index contributed by atoms with van der Waals surface area (Å²) in [5.41, 5.74) is 0.520. The molecule has 24 heavy (non-hydrogen) atoms. The number of aldehydes is 1. The monoisotopic (exact) mass is 334 g/mol. The van der Waals surface area contributed by atoms with Crippen molar-refractivity contribution in [3.05, 3.63) is 36.0 Å². The molecule has 0 amide bonds. The molecule has 0 radical (unpaired) electrons. The van der Waals surface area contributed by atoms with Gasteiger partial charge in [-0.15, -0.1) is 0 Å². The Hall–Kier alpha value is -1.97. The van der Waals surface area contributed by atoms with Gasteiger partial charge in [-0.2, -0.15) is 0 Å². The van der Waals surface area contributed by atoms with E-state index < -0.39 is 11.9 Å². The maximum Gasteiger partial charge on any atom is 0.303 e. The number of carboxylic acids is 1. The minimum absolute atomic E-state index is 0.0930. The largest absolute Gasteiger partial charge is 0.481 e. The van der Waals surface area contributed by atoms with Gasteiger partial charge in [0.15, 0.2) is 5.78 Å². The lowest BCUT2D eigenvalue weighted by molar-refractivity contribution is -0.137. The van der Waals surface area contributed by atoms with E-state index in [4.69, 9.17) is 5.11 Å². The fourth-order valence-corrected chi connectivity index (χ4v) is 2.27. The van der Waals surface area contributed by atoms with Crippen LogP contribution in [0.2, 0.25) is 0 Å². The van der Waals surface area contributed by atoms with Crippen molar-refractivity contribution in [3.63, 3.8) is 0 Å². The Morgan fingerprint density at radius 3 is 2.33 bits per heavy atom. The smallest absolute Gasteiger partial charge is 0.303 e. The number of carboxylic acid groups (broad SMARTS) is 1. The first-order chi connectivity index (χ1) is 11.5. The van der Waals surface area contributed by atoms with E-state index >= 15 is 0 Å². The van der Waals surface area contributed by atoms with E-state index in [1.807, 2.05) is 24.3 Å². The van der Waals surface area contributed by atoms with Gasteiger partial charge in [0.2, 0.25) is 0 Å². The van der Waals surface area contributed by atoms with E-state index in [1.54, 1.807) is 6.08 Å². The van der Waals surface area contributed by atoms with E-state index in [1.165, 1.54) is 19.8 Å². The molecule has 0 aromatic carbocycles. The van der Waals surface area contributed by atoms with E-state index in [9.17, 15) is 14.4 Å². The summed E-state index contributed by atoms with van der Waals surface area (Å²) in [6.07, 6.45) is 16.5. The Balaban J connectivity index is 4.52. The molecule has 1 atom stereocenters. The highest BCUT2D eigenvalue weighted by Crippen LogP contribution is 2.16. The Morgan fingerprint density at radius 2 is 1.75 bits per heavy atom. The summed E-state index contributed by atoms with van der Waals surface area (Å²) in [4.78, 5) is 33.5. The SMILES string of the molecule is CCCCC/C=C/C=C(\C(C)=O)C(C=O)C/C=C/CCCC(=O)O. The van der Waals surface area contributed by atoms with Gasteiger partial charge in [0.05, 0.1) is 0 Å². The zero-order valence-electron chi connectivity index (χ0n) is 14.9. The van der Waals surface area contributed by atoms with Crippen LogP contribution in [0.1, 0.15) is 65.2 Å². The molecule has 0 aromatic rings. The van der Waals surface area contributed by atoms with Crippen molar-refractivity contribution in [2.24, 2.45) is 5.92 Å². The second kappa shape index (κ2) is 14.6. The number of ketones is 1. The molecule has 0 rings (SSSR count). The summed E-state index contributed by atoms with van der Waals surface area (Å²) >= 11 is 0. The third kappa shape index (κ3) is 11.6. The maximum absolute atomic E-state index is 11.8. The predicted molar refractivity (Wildman–Crippen MR) is 96.8 cm³/mol. The van der Waals surface area contributed by atoms with Gasteiger partial charge in [0.25, 0.3) is 0 Å². The van der Waals surface area contributed by atoms with Crippen LogP contribution in [0.4, 0.5) is 0 Å². The molecular formula is C20H30O4. The molecule has 0 saturated carbocycles. The average molecular weight is 334 g/mol. The van der Waals surface area contributed by atoms with E-state index in [0.717, 1.165) is 19.1 Å². The molecule has 0 aromatic heterocycles. The second-order valence-corrected chi connectivity index (χ2v) is 5.84. The van der Waals surface area contributed by atoms with Crippen molar-refractivity contribution in [2.45, 2.75) is 65.2 Å². The molecule has 1 unspecified atom stereocenters. The third-order valence-electron chi connectivity index (χ3n) is 3.67. The molecule has 0 aliphatic heterocycles. The number of carbonyl (C=O) groups excluding carboxylic acids is 2. The fourth-order valence-electron chi connectivity index (χ4n) is 2.27. The number of carbonyl (C=O) groups is 3. The lowest BCUT2D eigenvalue weighted by Crippen LogP contribution is -2.11. The number of hydrogen-bond acceptors (Lipinski definition) is 3. The van der Waals surface area contributed by atoms with Crippen LogP contribution in [0.3, 0.4) is 0 Å². The van der Waals surface area contributed by atoms with Crippen molar-refractivity contribution in [1.82, 2.24) is 0 Å². The zero-order chi connectivity index (χ0) is 18.2. The fraction of sp³-hybridized carbons (Fsp3) is 0.550. The molecule has 4 heteroatoms. The molecular weight excluding hydrogens is 304 g/mol.